The summed E-state index contributed by atoms with van der Waals surface area (Å²) in [6, 6.07) is 6.33. The summed E-state index contributed by atoms with van der Waals surface area (Å²) < 4.78 is 0. The Morgan fingerprint density at radius 1 is 1.38 bits per heavy atom. The lowest BCUT2D eigenvalue weighted by molar-refractivity contribution is -0.120. The van der Waals surface area contributed by atoms with Gasteiger partial charge in [0.15, 0.2) is 5.13 Å². The van der Waals surface area contributed by atoms with Crippen LogP contribution in [0.4, 0.5) is 5.13 Å². The minimum atomic E-state index is 0. The van der Waals surface area contributed by atoms with Crippen molar-refractivity contribution in [2.75, 3.05) is 11.9 Å². The maximum Gasteiger partial charge on any atom is 0.229 e. The second kappa shape index (κ2) is 8.10. The van der Waals surface area contributed by atoms with Crippen molar-refractivity contribution >= 4 is 34.8 Å². The third-order valence-corrected chi connectivity index (χ3v) is 5.45. The molecule has 1 amide bonds. The first-order valence-electron chi connectivity index (χ1n) is 8.12. The topological polar surface area (TPSA) is 68.0 Å². The van der Waals surface area contributed by atoms with E-state index in [0.29, 0.717) is 17.6 Å². The van der Waals surface area contributed by atoms with E-state index in [4.69, 9.17) is 5.73 Å². The second-order valence-corrected chi connectivity index (χ2v) is 7.24. The molecule has 1 aliphatic rings. The number of nitrogens with two attached hydrogens (primary N) is 1. The van der Waals surface area contributed by atoms with Crippen molar-refractivity contribution in [3.05, 3.63) is 34.7 Å². The van der Waals surface area contributed by atoms with Crippen molar-refractivity contribution in [1.29, 1.82) is 0 Å². The average molecular weight is 366 g/mol. The number of hydrogen-bond acceptors (Lipinski definition) is 4. The number of amides is 1. The molecule has 6 heteroatoms. The van der Waals surface area contributed by atoms with Crippen molar-refractivity contribution in [1.82, 2.24) is 4.98 Å². The second-order valence-electron chi connectivity index (χ2n) is 6.38. The lowest BCUT2D eigenvalue weighted by Gasteiger charge is -2.16. The highest BCUT2D eigenvalue weighted by Gasteiger charge is 2.32. The first kappa shape index (κ1) is 18.9. The molecule has 1 aromatic heterocycles. The predicted octanol–water partition coefficient (Wildman–Crippen LogP) is 4.16. The van der Waals surface area contributed by atoms with E-state index >= 15 is 0 Å². The van der Waals surface area contributed by atoms with E-state index in [0.717, 1.165) is 30.5 Å². The van der Waals surface area contributed by atoms with Gasteiger partial charge in [0.25, 0.3) is 0 Å². The molecule has 0 bridgehead atoms. The summed E-state index contributed by atoms with van der Waals surface area (Å²) in [6.45, 7) is 4.76. The predicted molar refractivity (Wildman–Crippen MR) is 103 cm³/mol. The molecule has 130 valence electrons. The number of nitrogens with zero attached hydrogens (tertiary/aromatic N) is 1. The van der Waals surface area contributed by atoms with Crippen molar-refractivity contribution < 1.29 is 4.79 Å². The summed E-state index contributed by atoms with van der Waals surface area (Å²) >= 11 is 1.48. The van der Waals surface area contributed by atoms with Gasteiger partial charge in [0.05, 0.1) is 5.69 Å². The summed E-state index contributed by atoms with van der Waals surface area (Å²) in [4.78, 5) is 17.0. The van der Waals surface area contributed by atoms with E-state index < -0.39 is 0 Å². The van der Waals surface area contributed by atoms with E-state index in [1.54, 1.807) is 0 Å². The van der Waals surface area contributed by atoms with Gasteiger partial charge in [0.1, 0.15) is 0 Å². The molecule has 0 radical (unpaired) electrons. The highest BCUT2D eigenvalue weighted by Crippen LogP contribution is 2.33. The van der Waals surface area contributed by atoms with Crippen molar-refractivity contribution in [2.45, 2.75) is 33.1 Å². The Kier molecular flexibility index (Phi) is 6.38. The molecule has 1 heterocycles. The molecule has 1 fully saturated rings. The Hall–Kier alpha value is -1.43. The lowest BCUT2D eigenvalue weighted by Crippen LogP contribution is -2.29. The first-order valence-corrected chi connectivity index (χ1v) is 9.00. The smallest absolute Gasteiger partial charge is 0.229 e. The van der Waals surface area contributed by atoms with Gasteiger partial charge in [0.2, 0.25) is 5.91 Å². The molecule has 3 rings (SSSR count). The number of halogens is 1. The Balaban J connectivity index is 0.00000208. The Bertz CT molecular complexity index is 716. The molecule has 1 aliphatic carbocycles. The third-order valence-electron chi connectivity index (χ3n) is 4.69. The SMILES string of the molecule is Cc1ccc(-c2csc(NC(=O)[C@@H]3CCC[C@@H]3CN)n2)c(C)c1.Cl. The molecule has 0 unspecified atom stereocenters. The molecule has 0 saturated heterocycles. The van der Waals surface area contributed by atoms with E-state index in [1.807, 2.05) is 5.38 Å². The number of hydrogen-bond donors (Lipinski definition) is 2. The van der Waals surface area contributed by atoms with E-state index in [-0.39, 0.29) is 24.2 Å². The van der Waals surface area contributed by atoms with Gasteiger partial charge in [-0.15, -0.1) is 23.7 Å². The number of benzene rings is 1. The van der Waals surface area contributed by atoms with E-state index in [2.05, 4.69) is 42.3 Å². The molecule has 0 aliphatic heterocycles. The maximum absolute atomic E-state index is 12.4. The van der Waals surface area contributed by atoms with Gasteiger partial charge in [-0.2, -0.15) is 0 Å². The van der Waals surface area contributed by atoms with Crippen LogP contribution in [-0.4, -0.2) is 17.4 Å². The van der Waals surface area contributed by atoms with Gasteiger partial charge in [0, 0.05) is 16.9 Å². The van der Waals surface area contributed by atoms with Gasteiger partial charge >= 0.3 is 0 Å². The number of anilines is 1. The zero-order chi connectivity index (χ0) is 16.4. The minimum Gasteiger partial charge on any atom is -0.330 e. The van der Waals surface area contributed by atoms with Crippen LogP contribution >= 0.6 is 23.7 Å². The summed E-state index contributed by atoms with van der Waals surface area (Å²) in [5.74, 6) is 0.418. The van der Waals surface area contributed by atoms with Crippen molar-refractivity contribution in [2.24, 2.45) is 17.6 Å². The van der Waals surface area contributed by atoms with Crippen LogP contribution in [0.1, 0.15) is 30.4 Å². The van der Waals surface area contributed by atoms with Gasteiger partial charge in [-0.25, -0.2) is 4.98 Å². The van der Waals surface area contributed by atoms with Crippen molar-refractivity contribution in [3.8, 4) is 11.3 Å². The van der Waals surface area contributed by atoms with Crippen LogP contribution in [0.3, 0.4) is 0 Å². The molecule has 1 aromatic carbocycles. The molecular formula is C18H24ClN3OS. The van der Waals surface area contributed by atoms with Crippen molar-refractivity contribution in [3.63, 3.8) is 0 Å². The fraction of sp³-hybridized carbons (Fsp3) is 0.444. The normalized spacial score (nSPS) is 19.8. The molecule has 24 heavy (non-hydrogen) atoms. The summed E-state index contributed by atoms with van der Waals surface area (Å²) in [5.41, 5.74) is 10.3. The fourth-order valence-corrected chi connectivity index (χ4v) is 4.13. The molecular weight excluding hydrogens is 342 g/mol. The van der Waals surface area contributed by atoms with E-state index in [1.165, 1.54) is 22.5 Å². The lowest BCUT2D eigenvalue weighted by atomic mass is 9.95. The summed E-state index contributed by atoms with van der Waals surface area (Å²) in [7, 11) is 0. The van der Waals surface area contributed by atoms with Crippen LogP contribution in [0.5, 0.6) is 0 Å². The minimum absolute atomic E-state index is 0. The number of thiazole rings is 1. The Morgan fingerprint density at radius 2 is 2.17 bits per heavy atom. The molecule has 1 saturated carbocycles. The summed E-state index contributed by atoms with van der Waals surface area (Å²) in [5, 5.41) is 5.66. The maximum atomic E-state index is 12.4. The first-order chi connectivity index (χ1) is 11.1. The highest BCUT2D eigenvalue weighted by atomic mass is 35.5. The molecule has 4 nitrogen and oxygen atoms in total. The number of nitrogens with one attached hydrogen (secondary N) is 1. The van der Waals surface area contributed by atoms with Crippen LogP contribution in [0.25, 0.3) is 11.3 Å². The van der Waals surface area contributed by atoms with Gasteiger partial charge < -0.3 is 11.1 Å². The van der Waals surface area contributed by atoms with Gasteiger partial charge in [-0.05, 0) is 44.7 Å². The van der Waals surface area contributed by atoms with Crippen LogP contribution in [0.2, 0.25) is 0 Å². The number of carbonyl (C=O) groups is 1. The van der Waals surface area contributed by atoms with Gasteiger partial charge in [-0.1, -0.05) is 30.2 Å². The number of aromatic nitrogens is 1. The summed E-state index contributed by atoms with van der Waals surface area (Å²) in [6.07, 6.45) is 3.08. The van der Waals surface area contributed by atoms with Crippen LogP contribution in [0.15, 0.2) is 23.6 Å². The third kappa shape index (κ3) is 3.97. The highest BCUT2D eigenvalue weighted by molar-refractivity contribution is 7.14. The molecule has 2 aromatic rings. The molecule has 3 N–H and O–H groups in total. The van der Waals surface area contributed by atoms with Crippen LogP contribution in [-0.2, 0) is 4.79 Å². The Labute approximate surface area is 153 Å². The Morgan fingerprint density at radius 3 is 2.88 bits per heavy atom. The number of rotatable bonds is 4. The standard InChI is InChI=1S/C18H23N3OS.ClH/c1-11-6-7-14(12(2)8-11)16-10-23-18(20-16)21-17(22)15-5-3-4-13(15)9-19;/h6-8,10,13,15H,3-5,9,19H2,1-2H3,(H,20,21,22);1H/t13-,15-;/m1./s1. The zero-order valence-electron chi connectivity index (χ0n) is 14.0. The largest absolute Gasteiger partial charge is 0.330 e. The van der Waals surface area contributed by atoms with Crippen LogP contribution < -0.4 is 11.1 Å². The van der Waals surface area contributed by atoms with Gasteiger partial charge in [-0.3, -0.25) is 4.79 Å². The fourth-order valence-electron chi connectivity index (χ4n) is 3.42. The molecule has 2 atom stereocenters. The average Bonchev–Trinajstić information content (AvgIpc) is 3.15. The van der Waals surface area contributed by atoms with Crippen LogP contribution in [0, 0.1) is 25.7 Å². The monoisotopic (exact) mass is 365 g/mol. The molecule has 0 spiro atoms. The quantitative estimate of drug-likeness (QED) is 0.854. The number of carbonyl (C=O) groups excluding carboxylic acids is 1. The zero-order valence-corrected chi connectivity index (χ0v) is 15.7. The van der Waals surface area contributed by atoms with E-state index in [9.17, 15) is 4.79 Å². The number of aryl methyl sites for hydroxylation is 2.